The molecule has 40 heavy (non-hydrogen) atoms. The van der Waals surface area contributed by atoms with Gasteiger partial charge in [-0.1, -0.05) is 23.7 Å². The maximum Gasteiger partial charge on any atom is 0.265 e. The summed E-state index contributed by atoms with van der Waals surface area (Å²) in [4.78, 5) is 34.8. The van der Waals surface area contributed by atoms with Crippen LogP contribution in [0.5, 0.6) is 0 Å². The summed E-state index contributed by atoms with van der Waals surface area (Å²) in [5.74, 6) is 0.941. The largest absolute Gasteiger partial charge is 0.394 e. The lowest BCUT2D eigenvalue weighted by Crippen LogP contribution is -2.52. The number of hydrogen-bond acceptors (Lipinski definition) is 7. The first-order chi connectivity index (χ1) is 19.0. The van der Waals surface area contributed by atoms with E-state index >= 15 is 0 Å². The Morgan fingerprint density at radius 3 is 2.65 bits per heavy atom. The van der Waals surface area contributed by atoms with Gasteiger partial charge in [0, 0.05) is 34.8 Å². The lowest BCUT2D eigenvalue weighted by atomic mass is 9.94. The predicted molar refractivity (Wildman–Crippen MR) is 157 cm³/mol. The van der Waals surface area contributed by atoms with Crippen LogP contribution in [-0.4, -0.2) is 49.2 Å². The van der Waals surface area contributed by atoms with Crippen LogP contribution in [0.4, 0.5) is 11.6 Å². The van der Waals surface area contributed by atoms with Crippen LogP contribution in [0.2, 0.25) is 5.02 Å². The van der Waals surface area contributed by atoms with Crippen LogP contribution in [0.25, 0.3) is 10.4 Å². The Kier molecular flexibility index (Phi) is 7.43. The van der Waals surface area contributed by atoms with Crippen LogP contribution in [0.15, 0.2) is 54.9 Å². The summed E-state index contributed by atoms with van der Waals surface area (Å²) in [5, 5.41) is 20.8. The number of carbonyl (C=O) groups excluding carboxylic acids is 2. The molecule has 0 radical (unpaired) electrons. The number of aliphatic hydroxyl groups is 1. The van der Waals surface area contributed by atoms with Crippen molar-refractivity contribution in [2.45, 2.75) is 45.3 Å². The molecule has 0 saturated carbocycles. The number of pyridine rings is 1. The third kappa shape index (κ3) is 4.98. The molecule has 0 saturated heterocycles. The zero-order valence-electron chi connectivity index (χ0n) is 22.9. The fraction of sp³-hybridized carbons (Fsp3) is 0.310. The first-order valence-corrected chi connectivity index (χ1v) is 14.1. The normalized spacial score (nSPS) is 15.6. The van der Waals surface area contributed by atoms with Crippen molar-refractivity contribution in [3.63, 3.8) is 0 Å². The Labute approximate surface area is 241 Å². The van der Waals surface area contributed by atoms with Gasteiger partial charge in [-0.2, -0.15) is 5.10 Å². The molecule has 9 nitrogen and oxygen atoms in total. The Hall–Kier alpha value is -3.73. The van der Waals surface area contributed by atoms with Crippen molar-refractivity contribution in [3.8, 4) is 10.4 Å². The fourth-order valence-corrected chi connectivity index (χ4v) is 6.67. The van der Waals surface area contributed by atoms with Crippen molar-refractivity contribution in [1.29, 1.82) is 0 Å². The topological polar surface area (TPSA) is 112 Å². The maximum absolute atomic E-state index is 13.7. The molecule has 0 bridgehead atoms. The number of hydrogen-bond donors (Lipinski definition) is 3. The molecule has 3 aromatic heterocycles. The fourth-order valence-electron chi connectivity index (χ4n) is 5.14. The van der Waals surface area contributed by atoms with E-state index in [4.69, 9.17) is 11.6 Å². The van der Waals surface area contributed by atoms with Crippen molar-refractivity contribution < 1.29 is 14.7 Å². The van der Waals surface area contributed by atoms with Crippen molar-refractivity contribution in [3.05, 3.63) is 81.4 Å². The number of halogens is 1. The second kappa shape index (κ2) is 10.7. The molecule has 0 aliphatic carbocycles. The van der Waals surface area contributed by atoms with Gasteiger partial charge >= 0.3 is 0 Å². The molecule has 4 aromatic rings. The number of aryl methyl sites for hydroxylation is 2. The highest BCUT2D eigenvalue weighted by atomic mass is 35.5. The number of amides is 2. The second-order valence-corrected chi connectivity index (χ2v) is 11.9. The number of nitrogens with one attached hydrogen (secondary N) is 2. The molecule has 208 valence electrons. The van der Waals surface area contributed by atoms with E-state index in [0.29, 0.717) is 21.3 Å². The van der Waals surface area contributed by atoms with Crippen LogP contribution in [0, 0.1) is 6.92 Å². The third-order valence-corrected chi connectivity index (χ3v) is 8.76. The first kappa shape index (κ1) is 27.8. The molecule has 0 spiro atoms. The number of benzene rings is 1. The van der Waals surface area contributed by atoms with E-state index in [1.807, 2.05) is 52.2 Å². The van der Waals surface area contributed by atoms with E-state index in [9.17, 15) is 14.7 Å². The molecular weight excluding hydrogens is 548 g/mol. The van der Waals surface area contributed by atoms with Crippen molar-refractivity contribution in [1.82, 2.24) is 25.0 Å². The van der Waals surface area contributed by atoms with Crippen molar-refractivity contribution in [2.24, 2.45) is 7.05 Å². The third-order valence-electron chi connectivity index (χ3n) is 7.37. The molecule has 0 fully saturated rings. The number of anilines is 2. The van der Waals surface area contributed by atoms with E-state index in [1.165, 1.54) is 11.3 Å². The average molecular weight is 579 g/mol. The van der Waals surface area contributed by atoms with E-state index in [1.54, 1.807) is 47.0 Å². The molecular formula is C29H31ClN6O3S. The summed E-state index contributed by atoms with van der Waals surface area (Å²) in [6.07, 6.45) is 3.52. The summed E-state index contributed by atoms with van der Waals surface area (Å²) in [5.41, 5.74) is 2.81. The molecule has 0 unspecified atom stereocenters. The second-order valence-electron chi connectivity index (χ2n) is 10.4. The monoisotopic (exact) mass is 578 g/mol. The van der Waals surface area contributed by atoms with Gasteiger partial charge in [-0.3, -0.25) is 14.3 Å². The Balaban J connectivity index is 1.38. The average Bonchev–Trinajstić information content (AvgIpc) is 3.59. The molecule has 3 N–H and O–H groups in total. The summed E-state index contributed by atoms with van der Waals surface area (Å²) >= 11 is 7.52. The predicted octanol–water partition coefficient (Wildman–Crippen LogP) is 5.18. The summed E-state index contributed by atoms with van der Waals surface area (Å²) in [6, 6.07) is 11.5. The maximum atomic E-state index is 13.7. The van der Waals surface area contributed by atoms with Gasteiger partial charge in [-0.15, -0.1) is 11.3 Å². The lowest BCUT2D eigenvalue weighted by molar-refractivity contribution is -0.127. The molecule has 1 aromatic carbocycles. The minimum absolute atomic E-state index is 0.192. The number of carbonyl (C=O) groups is 2. The number of aromatic nitrogens is 3. The Morgan fingerprint density at radius 1 is 1.23 bits per heavy atom. The highest BCUT2D eigenvalue weighted by molar-refractivity contribution is 7.17. The first-order valence-electron chi connectivity index (χ1n) is 12.9. The van der Waals surface area contributed by atoms with Gasteiger partial charge in [-0.05, 0) is 68.7 Å². The van der Waals surface area contributed by atoms with Gasteiger partial charge in [0.2, 0.25) is 5.91 Å². The lowest BCUT2D eigenvalue weighted by Gasteiger charge is -2.37. The number of thiophene rings is 1. The standard InChI is InChI=1S/C29H31ClN6O3S/c1-16-14-31-24(34-25-9-10-32-35(25)5)12-20(16)23-13-21-26(40-23)28(39)36(29(21,3)4)17(2)27(38)33-22(15-37)18-7-6-8-19(30)11-18/h6-14,17,22,37H,15H2,1-5H3,(H,31,34)(H,33,38)/t17-,22-/m1/s1. The number of nitrogens with zero attached hydrogens (tertiary/aromatic N) is 4. The van der Waals surface area contributed by atoms with Gasteiger partial charge in [0.05, 0.1) is 29.3 Å². The highest BCUT2D eigenvalue weighted by Crippen LogP contribution is 2.47. The van der Waals surface area contributed by atoms with Gasteiger partial charge < -0.3 is 20.6 Å². The molecule has 1 aliphatic rings. The Morgan fingerprint density at radius 2 is 2.00 bits per heavy atom. The van der Waals surface area contributed by atoms with Gasteiger partial charge in [0.15, 0.2) is 0 Å². The van der Waals surface area contributed by atoms with Gasteiger partial charge in [0.25, 0.3) is 5.91 Å². The molecule has 2 atom stereocenters. The number of fused-ring (bicyclic) bond motifs is 1. The van der Waals surface area contributed by atoms with Crippen LogP contribution in [-0.2, 0) is 17.4 Å². The molecule has 1 aliphatic heterocycles. The highest BCUT2D eigenvalue weighted by Gasteiger charge is 2.48. The van der Waals surface area contributed by atoms with Crippen molar-refractivity contribution in [2.75, 3.05) is 11.9 Å². The molecule has 4 heterocycles. The molecule has 11 heteroatoms. The van der Waals surface area contributed by atoms with Crippen molar-refractivity contribution >= 4 is 46.4 Å². The Bertz CT molecular complexity index is 1600. The summed E-state index contributed by atoms with van der Waals surface area (Å²) in [6.45, 7) is 7.31. The van der Waals surface area contributed by atoms with E-state index in [2.05, 4.69) is 20.7 Å². The van der Waals surface area contributed by atoms with Gasteiger partial charge in [-0.25, -0.2) is 4.98 Å². The van der Waals surface area contributed by atoms with Crippen LogP contribution in [0.1, 0.15) is 53.2 Å². The molecule has 2 amide bonds. The minimum Gasteiger partial charge on any atom is -0.394 e. The van der Waals surface area contributed by atoms with Crippen LogP contribution in [0.3, 0.4) is 0 Å². The van der Waals surface area contributed by atoms with E-state index in [0.717, 1.165) is 27.4 Å². The summed E-state index contributed by atoms with van der Waals surface area (Å²) < 4.78 is 1.73. The SMILES string of the molecule is Cc1cnc(Nc2ccnn2C)cc1-c1cc2c(s1)C(=O)N([C@H](C)C(=O)N[C@H](CO)c1cccc(Cl)c1)C2(C)C. The quantitative estimate of drug-likeness (QED) is 0.266. The number of aliphatic hydroxyl groups excluding tert-OH is 1. The van der Waals surface area contributed by atoms with E-state index < -0.39 is 17.6 Å². The molecule has 5 rings (SSSR count). The number of rotatable bonds is 8. The minimum atomic E-state index is -0.767. The van der Waals surface area contributed by atoms with Gasteiger partial charge in [0.1, 0.15) is 17.7 Å². The zero-order chi connectivity index (χ0) is 28.8. The van der Waals surface area contributed by atoms with E-state index in [-0.39, 0.29) is 18.4 Å². The zero-order valence-corrected chi connectivity index (χ0v) is 24.5. The van der Waals surface area contributed by atoms with Crippen LogP contribution >= 0.6 is 22.9 Å². The summed E-state index contributed by atoms with van der Waals surface area (Å²) in [7, 11) is 1.85. The van der Waals surface area contributed by atoms with Crippen LogP contribution < -0.4 is 10.6 Å². The smallest absolute Gasteiger partial charge is 0.265 e.